The monoisotopic (exact) mass is 414 g/mol. The summed E-state index contributed by atoms with van der Waals surface area (Å²) in [5.74, 6) is 1.45. The Morgan fingerprint density at radius 3 is 1.19 bits per heavy atom. The molecule has 0 spiro atoms. The highest BCUT2D eigenvalue weighted by atomic mass is 14.4. The van der Waals surface area contributed by atoms with Crippen molar-refractivity contribution in [2.24, 2.45) is 5.92 Å². The Labute approximate surface area is 192 Å². The lowest BCUT2D eigenvalue weighted by Crippen LogP contribution is -2.21. The van der Waals surface area contributed by atoms with Gasteiger partial charge in [0, 0.05) is 11.8 Å². The van der Waals surface area contributed by atoms with Crippen LogP contribution in [0, 0.1) is 5.92 Å². The Morgan fingerprint density at radius 1 is 0.500 bits per heavy atom. The average Bonchev–Trinajstić information content (AvgIpc) is 3.36. The highest BCUT2D eigenvalue weighted by Crippen LogP contribution is 2.57. The average molecular weight is 415 g/mol. The van der Waals surface area contributed by atoms with Gasteiger partial charge in [-0.05, 0) is 56.8 Å². The molecule has 0 atom stereocenters. The van der Waals surface area contributed by atoms with Crippen molar-refractivity contribution in [1.29, 1.82) is 0 Å². The Morgan fingerprint density at radius 2 is 0.844 bits per heavy atom. The van der Waals surface area contributed by atoms with Crippen molar-refractivity contribution in [3.05, 3.63) is 119 Å². The largest absolute Gasteiger partial charge is 0.0654 e. The Hall–Kier alpha value is -3.12. The zero-order chi connectivity index (χ0) is 21.5. The van der Waals surface area contributed by atoms with Gasteiger partial charge >= 0.3 is 0 Å². The molecule has 0 radical (unpaired) electrons. The standard InChI is InChI=1S/C32H30/c1-2-3-4-21-30(31-26-17-9-5-13-22(26)23-14-6-10-18-27(23)31)32-28-19-11-7-15-24(28)25-16-8-12-20-29(25)32/h5-20,30-32H,2-4,21H2,1H3. The molecule has 6 rings (SSSR count). The number of rotatable bonds is 6. The minimum atomic E-state index is 0.448. The third-order valence-electron chi connectivity index (χ3n) is 7.76. The van der Waals surface area contributed by atoms with Gasteiger partial charge in [0.1, 0.15) is 0 Å². The molecule has 0 aliphatic heterocycles. The molecule has 32 heavy (non-hydrogen) atoms. The molecule has 0 nitrogen and oxygen atoms in total. The summed E-state index contributed by atoms with van der Waals surface area (Å²) in [5, 5.41) is 0. The van der Waals surface area contributed by atoms with Gasteiger partial charge in [-0.25, -0.2) is 0 Å². The molecular weight excluding hydrogens is 384 g/mol. The minimum absolute atomic E-state index is 0.448. The molecule has 0 amide bonds. The van der Waals surface area contributed by atoms with Crippen molar-refractivity contribution in [2.75, 3.05) is 0 Å². The second kappa shape index (κ2) is 8.10. The smallest absolute Gasteiger partial charge is 0.0139 e. The first kappa shape index (κ1) is 19.6. The first-order valence-electron chi connectivity index (χ1n) is 12.2. The van der Waals surface area contributed by atoms with Gasteiger partial charge in [-0.15, -0.1) is 0 Å². The third kappa shape index (κ3) is 2.97. The maximum absolute atomic E-state index is 2.39. The number of unbranched alkanes of at least 4 members (excludes halogenated alkanes) is 2. The molecule has 0 heterocycles. The predicted molar refractivity (Wildman–Crippen MR) is 135 cm³/mol. The van der Waals surface area contributed by atoms with E-state index in [1.54, 1.807) is 0 Å². The van der Waals surface area contributed by atoms with Gasteiger partial charge in [-0.1, -0.05) is 123 Å². The molecule has 158 valence electrons. The molecule has 0 N–H and O–H groups in total. The van der Waals surface area contributed by atoms with Crippen molar-refractivity contribution in [3.63, 3.8) is 0 Å². The summed E-state index contributed by atoms with van der Waals surface area (Å²) < 4.78 is 0. The Kier molecular flexibility index (Phi) is 4.95. The fourth-order valence-corrected chi connectivity index (χ4v) is 6.47. The highest BCUT2D eigenvalue weighted by molar-refractivity contribution is 5.81. The van der Waals surface area contributed by atoms with Gasteiger partial charge in [0.2, 0.25) is 0 Å². The van der Waals surface area contributed by atoms with Crippen molar-refractivity contribution in [2.45, 2.75) is 44.4 Å². The summed E-state index contributed by atoms with van der Waals surface area (Å²) >= 11 is 0. The van der Waals surface area contributed by atoms with Crippen LogP contribution in [0.2, 0.25) is 0 Å². The SMILES string of the molecule is CCCCCC(C1c2ccccc2-c2ccccc21)C1c2ccccc2-c2ccccc21. The van der Waals surface area contributed by atoms with Crippen LogP contribution in [-0.2, 0) is 0 Å². The maximum Gasteiger partial charge on any atom is 0.0139 e. The van der Waals surface area contributed by atoms with Gasteiger partial charge < -0.3 is 0 Å². The normalized spacial score (nSPS) is 14.3. The summed E-state index contributed by atoms with van der Waals surface area (Å²) in [7, 11) is 0. The summed E-state index contributed by atoms with van der Waals surface area (Å²) in [6, 6.07) is 36.6. The molecule has 0 saturated heterocycles. The van der Waals surface area contributed by atoms with Crippen LogP contribution in [0.25, 0.3) is 22.3 Å². The molecule has 2 aliphatic carbocycles. The van der Waals surface area contributed by atoms with Gasteiger partial charge in [0.15, 0.2) is 0 Å². The highest BCUT2D eigenvalue weighted by Gasteiger charge is 2.42. The van der Waals surface area contributed by atoms with Crippen LogP contribution in [0.5, 0.6) is 0 Å². The van der Waals surface area contributed by atoms with Crippen LogP contribution in [0.15, 0.2) is 97.1 Å². The van der Waals surface area contributed by atoms with Crippen molar-refractivity contribution in [3.8, 4) is 22.3 Å². The molecule has 0 heteroatoms. The lowest BCUT2D eigenvalue weighted by atomic mass is 9.70. The van der Waals surface area contributed by atoms with E-state index in [0.717, 1.165) is 0 Å². The summed E-state index contributed by atoms with van der Waals surface area (Å²) in [6.45, 7) is 2.31. The van der Waals surface area contributed by atoms with Crippen LogP contribution in [0.3, 0.4) is 0 Å². The number of hydrogen-bond donors (Lipinski definition) is 0. The quantitative estimate of drug-likeness (QED) is 0.276. The van der Waals surface area contributed by atoms with Gasteiger partial charge in [-0.2, -0.15) is 0 Å². The zero-order valence-corrected chi connectivity index (χ0v) is 18.8. The zero-order valence-electron chi connectivity index (χ0n) is 18.8. The van der Waals surface area contributed by atoms with E-state index in [9.17, 15) is 0 Å². The van der Waals surface area contributed by atoms with Crippen LogP contribution < -0.4 is 0 Å². The molecule has 0 bridgehead atoms. The van der Waals surface area contributed by atoms with Crippen LogP contribution >= 0.6 is 0 Å². The van der Waals surface area contributed by atoms with E-state index in [0.29, 0.717) is 17.8 Å². The third-order valence-corrected chi connectivity index (χ3v) is 7.76. The Bertz CT molecular complexity index is 1080. The summed E-state index contributed by atoms with van der Waals surface area (Å²) in [5.41, 5.74) is 11.9. The fourth-order valence-electron chi connectivity index (χ4n) is 6.47. The summed E-state index contributed by atoms with van der Waals surface area (Å²) in [4.78, 5) is 0. The molecular formula is C32H30. The van der Waals surface area contributed by atoms with E-state index >= 15 is 0 Å². The van der Waals surface area contributed by atoms with Gasteiger partial charge in [-0.3, -0.25) is 0 Å². The molecule has 0 aromatic heterocycles. The molecule has 0 unspecified atom stereocenters. The van der Waals surface area contributed by atoms with Gasteiger partial charge in [0.25, 0.3) is 0 Å². The number of benzene rings is 4. The van der Waals surface area contributed by atoms with E-state index in [-0.39, 0.29) is 0 Å². The van der Waals surface area contributed by atoms with E-state index in [4.69, 9.17) is 0 Å². The maximum atomic E-state index is 2.39. The molecule has 0 saturated carbocycles. The molecule has 0 fully saturated rings. The van der Waals surface area contributed by atoms with Crippen LogP contribution in [-0.4, -0.2) is 0 Å². The van der Waals surface area contributed by atoms with Crippen LogP contribution in [0.1, 0.15) is 66.7 Å². The second-order valence-corrected chi connectivity index (χ2v) is 9.46. The lowest BCUT2D eigenvalue weighted by molar-refractivity contribution is 0.380. The van der Waals surface area contributed by atoms with Crippen molar-refractivity contribution < 1.29 is 0 Å². The number of fused-ring (bicyclic) bond motifs is 6. The van der Waals surface area contributed by atoms with E-state index in [1.165, 1.54) is 70.2 Å². The second-order valence-electron chi connectivity index (χ2n) is 9.46. The first-order valence-corrected chi connectivity index (χ1v) is 12.2. The van der Waals surface area contributed by atoms with E-state index in [1.807, 2.05) is 0 Å². The summed E-state index contributed by atoms with van der Waals surface area (Å²) in [6.07, 6.45) is 5.13. The fraction of sp³-hybridized carbons (Fsp3) is 0.250. The van der Waals surface area contributed by atoms with Crippen molar-refractivity contribution >= 4 is 0 Å². The van der Waals surface area contributed by atoms with E-state index in [2.05, 4.69) is 104 Å². The van der Waals surface area contributed by atoms with Crippen LogP contribution in [0.4, 0.5) is 0 Å². The van der Waals surface area contributed by atoms with E-state index < -0.39 is 0 Å². The predicted octanol–water partition coefficient (Wildman–Crippen LogP) is 8.81. The van der Waals surface area contributed by atoms with Crippen molar-refractivity contribution in [1.82, 2.24) is 0 Å². The Balaban J connectivity index is 1.55. The molecule has 4 aromatic rings. The number of hydrogen-bond acceptors (Lipinski definition) is 0. The molecule has 2 aliphatic rings. The molecule has 4 aromatic carbocycles. The minimum Gasteiger partial charge on any atom is -0.0654 e. The first-order chi connectivity index (χ1) is 15.9. The lowest BCUT2D eigenvalue weighted by Gasteiger charge is -2.32. The topological polar surface area (TPSA) is 0 Å². The van der Waals surface area contributed by atoms with Gasteiger partial charge in [0.05, 0.1) is 0 Å².